The lowest BCUT2D eigenvalue weighted by atomic mass is 9.78. The summed E-state index contributed by atoms with van der Waals surface area (Å²) in [6.07, 6.45) is 7.89. The highest BCUT2D eigenvalue weighted by Crippen LogP contribution is 2.32. The SMILES string of the molecule is CC1CCC(N(C)C(=O)C2CCC(N)C(C)C2)CC1. The van der Waals surface area contributed by atoms with Crippen molar-refractivity contribution < 1.29 is 4.79 Å². The molecule has 0 saturated heterocycles. The molecule has 2 fully saturated rings. The molecule has 3 unspecified atom stereocenters. The van der Waals surface area contributed by atoms with E-state index in [9.17, 15) is 4.79 Å². The molecule has 2 N–H and O–H groups in total. The van der Waals surface area contributed by atoms with Crippen LogP contribution in [0.5, 0.6) is 0 Å². The molecule has 2 rings (SSSR count). The topological polar surface area (TPSA) is 46.3 Å². The van der Waals surface area contributed by atoms with E-state index in [1.807, 2.05) is 7.05 Å². The second-order valence-electron chi connectivity index (χ2n) is 7.01. The Hall–Kier alpha value is -0.570. The van der Waals surface area contributed by atoms with Gasteiger partial charge in [0, 0.05) is 25.0 Å². The first-order valence-electron chi connectivity index (χ1n) is 8.01. The summed E-state index contributed by atoms with van der Waals surface area (Å²) in [5, 5.41) is 0. The number of carbonyl (C=O) groups is 1. The molecule has 19 heavy (non-hydrogen) atoms. The summed E-state index contributed by atoms with van der Waals surface area (Å²) in [4.78, 5) is 14.7. The van der Waals surface area contributed by atoms with Crippen molar-refractivity contribution in [2.45, 2.75) is 70.9 Å². The molecule has 3 atom stereocenters. The molecule has 2 aliphatic rings. The molecule has 0 heterocycles. The second kappa shape index (κ2) is 6.25. The van der Waals surface area contributed by atoms with Gasteiger partial charge in [0.05, 0.1) is 0 Å². The molecule has 0 spiro atoms. The summed E-state index contributed by atoms with van der Waals surface area (Å²) in [6.45, 7) is 4.51. The highest BCUT2D eigenvalue weighted by atomic mass is 16.2. The third-order valence-corrected chi connectivity index (χ3v) is 5.47. The summed E-state index contributed by atoms with van der Waals surface area (Å²) >= 11 is 0. The highest BCUT2D eigenvalue weighted by Gasteiger charge is 2.33. The number of nitrogens with two attached hydrogens (primary N) is 1. The quantitative estimate of drug-likeness (QED) is 0.835. The van der Waals surface area contributed by atoms with E-state index in [0.717, 1.165) is 25.2 Å². The van der Waals surface area contributed by atoms with Gasteiger partial charge >= 0.3 is 0 Å². The molecule has 2 saturated carbocycles. The van der Waals surface area contributed by atoms with Gasteiger partial charge in [0.25, 0.3) is 0 Å². The number of nitrogens with zero attached hydrogens (tertiary/aromatic N) is 1. The lowest BCUT2D eigenvalue weighted by Crippen LogP contribution is -2.45. The van der Waals surface area contributed by atoms with Crippen molar-refractivity contribution in [2.75, 3.05) is 7.05 Å². The van der Waals surface area contributed by atoms with Crippen LogP contribution < -0.4 is 5.73 Å². The van der Waals surface area contributed by atoms with E-state index in [0.29, 0.717) is 23.9 Å². The van der Waals surface area contributed by atoms with Crippen LogP contribution in [0.1, 0.15) is 58.8 Å². The number of hydrogen-bond acceptors (Lipinski definition) is 2. The largest absolute Gasteiger partial charge is 0.343 e. The van der Waals surface area contributed by atoms with Gasteiger partial charge in [0.15, 0.2) is 0 Å². The van der Waals surface area contributed by atoms with E-state index < -0.39 is 0 Å². The predicted molar refractivity (Wildman–Crippen MR) is 78.7 cm³/mol. The Balaban J connectivity index is 1.88. The first kappa shape index (κ1) is 14.8. The standard InChI is InChI=1S/C16H30N2O/c1-11-4-7-14(8-5-11)18(3)16(19)13-6-9-15(17)12(2)10-13/h11-15H,4-10,17H2,1-3H3. The van der Waals surface area contributed by atoms with Gasteiger partial charge in [-0.1, -0.05) is 13.8 Å². The minimum Gasteiger partial charge on any atom is -0.343 e. The van der Waals surface area contributed by atoms with Gasteiger partial charge in [0.1, 0.15) is 0 Å². The third-order valence-electron chi connectivity index (χ3n) is 5.47. The maximum atomic E-state index is 12.6. The van der Waals surface area contributed by atoms with Crippen molar-refractivity contribution in [1.82, 2.24) is 4.90 Å². The molecule has 3 heteroatoms. The first-order valence-corrected chi connectivity index (χ1v) is 8.01. The smallest absolute Gasteiger partial charge is 0.225 e. The summed E-state index contributed by atoms with van der Waals surface area (Å²) in [7, 11) is 2.02. The van der Waals surface area contributed by atoms with Gasteiger partial charge < -0.3 is 10.6 Å². The minimum atomic E-state index is 0.221. The van der Waals surface area contributed by atoms with Crippen LogP contribution >= 0.6 is 0 Å². The fraction of sp³-hybridized carbons (Fsp3) is 0.938. The lowest BCUT2D eigenvalue weighted by molar-refractivity contribution is -0.138. The van der Waals surface area contributed by atoms with Crippen molar-refractivity contribution in [2.24, 2.45) is 23.5 Å². The number of hydrogen-bond donors (Lipinski definition) is 1. The first-order chi connectivity index (χ1) is 8.99. The number of amides is 1. The molecule has 0 bridgehead atoms. The van der Waals surface area contributed by atoms with Gasteiger partial charge in [-0.05, 0) is 56.8 Å². The van der Waals surface area contributed by atoms with Crippen molar-refractivity contribution in [1.29, 1.82) is 0 Å². The predicted octanol–water partition coefficient (Wildman–Crippen LogP) is 2.79. The Morgan fingerprint density at radius 3 is 2.26 bits per heavy atom. The molecule has 0 radical (unpaired) electrons. The second-order valence-corrected chi connectivity index (χ2v) is 7.01. The summed E-state index contributed by atoms with van der Waals surface area (Å²) in [6, 6.07) is 0.777. The maximum Gasteiger partial charge on any atom is 0.225 e. The van der Waals surface area contributed by atoms with E-state index in [2.05, 4.69) is 18.7 Å². The number of rotatable bonds is 2. The number of carbonyl (C=O) groups excluding carboxylic acids is 1. The average molecular weight is 266 g/mol. The van der Waals surface area contributed by atoms with Crippen molar-refractivity contribution in [3.63, 3.8) is 0 Å². The molecular weight excluding hydrogens is 236 g/mol. The molecule has 0 aromatic carbocycles. The Labute approximate surface area is 117 Å². The van der Waals surface area contributed by atoms with Crippen LogP contribution in [-0.4, -0.2) is 29.9 Å². The molecule has 3 nitrogen and oxygen atoms in total. The van der Waals surface area contributed by atoms with E-state index in [1.54, 1.807) is 0 Å². The van der Waals surface area contributed by atoms with Crippen LogP contribution in [0.25, 0.3) is 0 Å². The van der Waals surface area contributed by atoms with E-state index in [-0.39, 0.29) is 5.92 Å². The van der Waals surface area contributed by atoms with Crippen molar-refractivity contribution >= 4 is 5.91 Å². The molecule has 0 aromatic heterocycles. The van der Waals surface area contributed by atoms with Gasteiger partial charge in [-0.25, -0.2) is 0 Å². The van der Waals surface area contributed by atoms with Crippen LogP contribution in [-0.2, 0) is 4.79 Å². The zero-order valence-electron chi connectivity index (χ0n) is 12.8. The van der Waals surface area contributed by atoms with Crippen LogP contribution in [0.3, 0.4) is 0 Å². The van der Waals surface area contributed by atoms with Crippen LogP contribution in [0.4, 0.5) is 0 Å². The highest BCUT2D eigenvalue weighted by molar-refractivity contribution is 5.79. The fourth-order valence-electron chi connectivity index (χ4n) is 3.74. The van der Waals surface area contributed by atoms with Gasteiger partial charge in [0.2, 0.25) is 5.91 Å². The molecule has 110 valence electrons. The minimum absolute atomic E-state index is 0.221. The van der Waals surface area contributed by atoms with Gasteiger partial charge in [-0.3, -0.25) is 4.79 Å². The maximum absolute atomic E-state index is 12.6. The van der Waals surface area contributed by atoms with Crippen LogP contribution in [0.15, 0.2) is 0 Å². The Morgan fingerprint density at radius 1 is 1.05 bits per heavy atom. The lowest BCUT2D eigenvalue weighted by Gasteiger charge is -2.38. The zero-order valence-corrected chi connectivity index (χ0v) is 12.8. The van der Waals surface area contributed by atoms with Gasteiger partial charge in [-0.15, -0.1) is 0 Å². The molecule has 0 aromatic rings. The van der Waals surface area contributed by atoms with Crippen molar-refractivity contribution in [3.8, 4) is 0 Å². The Kier molecular flexibility index (Phi) is 4.88. The van der Waals surface area contributed by atoms with E-state index in [4.69, 9.17) is 5.73 Å². The molecule has 2 aliphatic carbocycles. The monoisotopic (exact) mass is 266 g/mol. The Morgan fingerprint density at radius 2 is 1.68 bits per heavy atom. The summed E-state index contributed by atoms with van der Waals surface area (Å²) < 4.78 is 0. The normalized spacial score (nSPS) is 39.9. The molecule has 0 aliphatic heterocycles. The fourth-order valence-corrected chi connectivity index (χ4v) is 3.74. The van der Waals surface area contributed by atoms with Crippen LogP contribution in [0.2, 0.25) is 0 Å². The zero-order chi connectivity index (χ0) is 14.0. The van der Waals surface area contributed by atoms with Crippen LogP contribution in [0, 0.1) is 17.8 Å². The Bertz CT molecular complexity index is 310. The van der Waals surface area contributed by atoms with E-state index >= 15 is 0 Å². The third kappa shape index (κ3) is 3.50. The van der Waals surface area contributed by atoms with E-state index in [1.165, 1.54) is 25.7 Å². The summed E-state index contributed by atoms with van der Waals surface area (Å²) in [5.74, 6) is 1.92. The van der Waals surface area contributed by atoms with Crippen molar-refractivity contribution in [3.05, 3.63) is 0 Å². The van der Waals surface area contributed by atoms with Gasteiger partial charge in [-0.2, -0.15) is 0 Å². The average Bonchev–Trinajstić information content (AvgIpc) is 2.41. The molecule has 1 amide bonds. The molecular formula is C16H30N2O. The summed E-state index contributed by atoms with van der Waals surface area (Å²) in [5.41, 5.74) is 6.05.